The minimum atomic E-state index is -0.489. The van der Waals surface area contributed by atoms with Crippen LogP contribution in [0.2, 0.25) is 0 Å². The third kappa shape index (κ3) is 2.59. The number of aliphatic hydroxyl groups excluding tert-OH is 1. The molecule has 0 amide bonds. The van der Waals surface area contributed by atoms with Crippen LogP contribution >= 0.6 is 0 Å². The standard InChI is InChI=1S/C11H19NO2/c1-3-4-9(6-12)11(13)10-5-8(2)14-7-10/h5,7,9,11,13H,3-4,6,12H2,1-2H3. The van der Waals surface area contributed by atoms with Crippen molar-refractivity contribution in [3.05, 3.63) is 23.7 Å². The van der Waals surface area contributed by atoms with Crippen molar-refractivity contribution >= 4 is 0 Å². The topological polar surface area (TPSA) is 59.4 Å². The van der Waals surface area contributed by atoms with Gasteiger partial charge in [-0.1, -0.05) is 13.3 Å². The first-order valence-electron chi connectivity index (χ1n) is 5.12. The van der Waals surface area contributed by atoms with Crippen LogP contribution in [0.3, 0.4) is 0 Å². The normalized spacial score (nSPS) is 15.4. The summed E-state index contributed by atoms with van der Waals surface area (Å²) in [4.78, 5) is 0. The second-order valence-corrected chi connectivity index (χ2v) is 3.72. The first kappa shape index (κ1) is 11.3. The summed E-state index contributed by atoms with van der Waals surface area (Å²) in [5.74, 6) is 0.961. The molecule has 0 aliphatic heterocycles. The van der Waals surface area contributed by atoms with Crippen molar-refractivity contribution in [2.45, 2.75) is 32.8 Å². The van der Waals surface area contributed by atoms with Gasteiger partial charge in [0, 0.05) is 11.5 Å². The highest BCUT2D eigenvalue weighted by Crippen LogP contribution is 2.26. The van der Waals surface area contributed by atoms with Crippen LogP contribution in [0.25, 0.3) is 0 Å². The van der Waals surface area contributed by atoms with Crippen LogP contribution in [0.4, 0.5) is 0 Å². The highest BCUT2D eigenvalue weighted by molar-refractivity contribution is 5.15. The van der Waals surface area contributed by atoms with Gasteiger partial charge in [-0.3, -0.25) is 0 Å². The fourth-order valence-electron chi connectivity index (χ4n) is 1.67. The summed E-state index contributed by atoms with van der Waals surface area (Å²) in [6, 6.07) is 1.86. The van der Waals surface area contributed by atoms with E-state index in [2.05, 4.69) is 6.92 Å². The van der Waals surface area contributed by atoms with Crippen molar-refractivity contribution < 1.29 is 9.52 Å². The molecule has 3 heteroatoms. The Labute approximate surface area is 84.9 Å². The summed E-state index contributed by atoms with van der Waals surface area (Å²) >= 11 is 0. The van der Waals surface area contributed by atoms with Gasteiger partial charge in [0.15, 0.2) is 0 Å². The van der Waals surface area contributed by atoms with Crippen molar-refractivity contribution in [1.29, 1.82) is 0 Å². The second kappa shape index (κ2) is 5.17. The molecule has 0 radical (unpaired) electrons. The molecular formula is C11H19NO2. The molecule has 0 bridgehead atoms. The Morgan fingerprint density at radius 1 is 1.57 bits per heavy atom. The SMILES string of the molecule is CCCC(CN)C(O)c1coc(C)c1. The van der Waals surface area contributed by atoms with Gasteiger partial charge in [-0.25, -0.2) is 0 Å². The lowest BCUT2D eigenvalue weighted by atomic mass is 9.93. The Morgan fingerprint density at radius 3 is 2.71 bits per heavy atom. The number of aryl methyl sites for hydroxylation is 1. The molecule has 0 spiro atoms. The Hall–Kier alpha value is -0.800. The summed E-state index contributed by atoms with van der Waals surface area (Å²) in [6.07, 6.45) is 3.10. The molecule has 0 aliphatic rings. The van der Waals surface area contributed by atoms with Gasteiger partial charge in [0.1, 0.15) is 5.76 Å². The number of rotatable bonds is 5. The average molecular weight is 197 g/mol. The number of hydrogen-bond acceptors (Lipinski definition) is 3. The smallest absolute Gasteiger partial charge is 0.101 e. The lowest BCUT2D eigenvalue weighted by molar-refractivity contribution is 0.106. The van der Waals surface area contributed by atoms with Crippen LogP contribution in [0, 0.1) is 12.8 Å². The fraction of sp³-hybridized carbons (Fsp3) is 0.636. The number of aliphatic hydroxyl groups is 1. The van der Waals surface area contributed by atoms with Gasteiger partial charge in [0.25, 0.3) is 0 Å². The van der Waals surface area contributed by atoms with Gasteiger partial charge in [0.2, 0.25) is 0 Å². The first-order chi connectivity index (χ1) is 6.69. The largest absolute Gasteiger partial charge is 0.469 e. The Balaban J connectivity index is 2.66. The molecule has 14 heavy (non-hydrogen) atoms. The van der Waals surface area contributed by atoms with E-state index in [0.29, 0.717) is 6.54 Å². The zero-order valence-corrected chi connectivity index (χ0v) is 8.86. The lowest BCUT2D eigenvalue weighted by Crippen LogP contribution is -2.21. The van der Waals surface area contributed by atoms with Crippen LogP contribution in [-0.4, -0.2) is 11.7 Å². The highest BCUT2D eigenvalue weighted by atomic mass is 16.3. The van der Waals surface area contributed by atoms with Crippen molar-refractivity contribution in [2.75, 3.05) is 6.54 Å². The molecule has 0 aromatic carbocycles. The molecule has 0 aliphatic carbocycles. The van der Waals surface area contributed by atoms with E-state index in [1.165, 1.54) is 0 Å². The van der Waals surface area contributed by atoms with Crippen molar-refractivity contribution in [1.82, 2.24) is 0 Å². The number of nitrogens with two attached hydrogens (primary N) is 1. The molecule has 1 aromatic rings. The average Bonchev–Trinajstić information content (AvgIpc) is 2.60. The summed E-state index contributed by atoms with van der Waals surface area (Å²) in [5, 5.41) is 9.98. The predicted octanol–water partition coefficient (Wildman–Crippen LogP) is 2.00. The Kier molecular flexibility index (Phi) is 4.17. The lowest BCUT2D eigenvalue weighted by Gasteiger charge is -2.19. The van der Waals surface area contributed by atoms with E-state index in [0.717, 1.165) is 24.2 Å². The van der Waals surface area contributed by atoms with E-state index in [-0.39, 0.29) is 5.92 Å². The molecule has 1 heterocycles. The van der Waals surface area contributed by atoms with Crippen LogP contribution in [0.5, 0.6) is 0 Å². The van der Waals surface area contributed by atoms with Crippen LogP contribution < -0.4 is 5.73 Å². The summed E-state index contributed by atoms with van der Waals surface area (Å²) < 4.78 is 5.16. The molecule has 3 nitrogen and oxygen atoms in total. The monoisotopic (exact) mass is 197 g/mol. The van der Waals surface area contributed by atoms with Crippen molar-refractivity contribution in [3.63, 3.8) is 0 Å². The summed E-state index contributed by atoms with van der Waals surface area (Å²) in [5.41, 5.74) is 6.45. The molecule has 1 aromatic heterocycles. The predicted molar refractivity (Wildman–Crippen MR) is 55.9 cm³/mol. The third-order valence-electron chi connectivity index (χ3n) is 2.50. The maximum Gasteiger partial charge on any atom is 0.101 e. The zero-order chi connectivity index (χ0) is 10.6. The summed E-state index contributed by atoms with van der Waals surface area (Å²) in [7, 11) is 0. The molecule has 2 atom stereocenters. The molecule has 0 fully saturated rings. The van der Waals surface area contributed by atoms with E-state index in [4.69, 9.17) is 10.2 Å². The van der Waals surface area contributed by atoms with E-state index in [9.17, 15) is 5.11 Å². The van der Waals surface area contributed by atoms with Gasteiger partial charge in [-0.15, -0.1) is 0 Å². The van der Waals surface area contributed by atoms with Gasteiger partial charge < -0.3 is 15.3 Å². The molecule has 2 unspecified atom stereocenters. The molecule has 0 saturated carbocycles. The molecule has 1 rings (SSSR count). The van der Waals surface area contributed by atoms with Crippen molar-refractivity contribution in [2.24, 2.45) is 11.7 Å². The summed E-state index contributed by atoms with van der Waals surface area (Å²) in [6.45, 7) is 4.47. The Bertz CT molecular complexity index is 270. The quantitative estimate of drug-likeness (QED) is 0.759. The molecule has 80 valence electrons. The van der Waals surface area contributed by atoms with Gasteiger partial charge >= 0.3 is 0 Å². The van der Waals surface area contributed by atoms with Crippen LogP contribution in [0.1, 0.15) is 37.2 Å². The van der Waals surface area contributed by atoms with Gasteiger partial charge in [-0.2, -0.15) is 0 Å². The van der Waals surface area contributed by atoms with E-state index in [1.54, 1.807) is 6.26 Å². The maximum absolute atomic E-state index is 9.98. The van der Waals surface area contributed by atoms with Crippen molar-refractivity contribution in [3.8, 4) is 0 Å². The van der Waals surface area contributed by atoms with Gasteiger partial charge in [-0.05, 0) is 26.0 Å². The minimum Gasteiger partial charge on any atom is -0.469 e. The van der Waals surface area contributed by atoms with E-state index in [1.807, 2.05) is 13.0 Å². The number of furan rings is 1. The number of hydrogen-bond donors (Lipinski definition) is 2. The highest BCUT2D eigenvalue weighted by Gasteiger charge is 2.20. The van der Waals surface area contributed by atoms with Crippen LogP contribution in [-0.2, 0) is 0 Å². The molecular weight excluding hydrogens is 178 g/mol. The van der Waals surface area contributed by atoms with Crippen LogP contribution in [0.15, 0.2) is 16.7 Å². The zero-order valence-electron chi connectivity index (χ0n) is 8.86. The van der Waals surface area contributed by atoms with Gasteiger partial charge in [0.05, 0.1) is 12.4 Å². The second-order valence-electron chi connectivity index (χ2n) is 3.72. The molecule has 3 N–H and O–H groups in total. The Morgan fingerprint density at radius 2 is 2.29 bits per heavy atom. The van der Waals surface area contributed by atoms with E-state index >= 15 is 0 Å². The third-order valence-corrected chi connectivity index (χ3v) is 2.50. The maximum atomic E-state index is 9.98. The van der Waals surface area contributed by atoms with E-state index < -0.39 is 6.10 Å². The first-order valence-corrected chi connectivity index (χ1v) is 5.12. The fourth-order valence-corrected chi connectivity index (χ4v) is 1.67. The molecule has 0 saturated heterocycles. The minimum absolute atomic E-state index is 0.136.